The maximum atomic E-state index is 13.3. The molecule has 0 aliphatic carbocycles. The van der Waals surface area contributed by atoms with E-state index in [1.165, 1.54) is 0 Å². The minimum Gasteiger partial charge on any atom is -0.364 e. The number of piperidine rings is 1. The first-order valence-corrected chi connectivity index (χ1v) is 14.4. The van der Waals surface area contributed by atoms with E-state index < -0.39 is 10.0 Å². The fraction of sp³-hybridized carbons (Fsp3) is 0.214. The normalized spacial score (nSPS) is 18.5. The molecule has 1 aliphatic rings. The molecular weight excluding hydrogens is 535 g/mol. The Balaban J connectivity index is 1.38. The molecule has 1 heterocycles. The molecule has 4 aromatic rings. The Hall–Kier alpha value is -2.28. The van der Waals surface area contributed by atoms with Crippen molar-refractivity contribution in [1.29, 1.82) is 0 Å². The van der Waals surface area contributed by atoms with E-state index in [1.54, 1.807) is 18.2 Å². The Kier molecular flexibility index (Phi) is 7.47. The van der Waals surface area contributed by atoms with Crippen LogP contribution in [-0.4, -0.2) is 21.5 Å². The molecule has 186 valence electrons. The Morgan fingerprint density at radius 1 is 0.833 bits per heavy atom. The Morgan fingerprint density at radius 3 is 2.33 bits per heavy atom. The van der Waals surface area contributed by atoms with Crippen molar-refractivity contribution in [2.75, 3.05) is 18.0 Å². The van der Waals surface area contributed by atoms with Gasteiger partial charge in [0.05, 0.1) is 10.9 Å². The van der Waals surface area contributed by atoms with Crippen molar-refractivity contribution >= 4 is 61.3 Å². The minimum atomic E-state index is -3.67. The van der Waals surface area contributed by atoms with Crippen molar-refractivity contribution < 1.29 is 8.42 Å². The first-order chi connectivity index (χ1) is 17.3. The molecule has 4 nitrogen and oxygen atoms in total. The van der Waals surface area contributed by atoms with Gasteiger partial charge in [-0.2, -0.15) is 0 Å². The number of sulfonamides is 1. The topological polar surface area (TPSA) is 49.4 Å². The molecule has 0 amide bonds. The van der Waals surface area contributed by atoms with Gasteiger partial charge in [-0.05, 0) is 72.2 Å². The van der Waals surface area contributed by atoms with Gasteiger partial charge in [0.2, 0.25) is 10.0 Å². The highest BCUT2D eigenvalue weighted by Gasteiger charge is 2.32. The highest BCUT2D eigenvalue weighted by molar-refractivity contribution is 7.89. The summed E-state index contributed by atoms with van der Waals surface area (Å²) >= 11 is 18.9. The van der Waals surface area contributed by atoms with E-state index in [9.17, 15) is 8.42 Å². The van der Waals surface area contributed by atoms with Gasteiger partial charge in [-0.3, -0.25) is 0 Å². The third kappa shape index (κ3) is 5.36. The smallest absolute Gasteiger partial charge is 0.241 e. The summed E-state index contributed by atoms with van der Waals surface area (Å²) in [6.45, 7) is 1.01. The van der Waals surface area contributed by atoms with Crippen LogP contribution < -0.4 is 9.62 Å². The van der Waals surface area contributed by atoms with Crippen LogP contribution in [0.15, 0.2) is 89.8 Å². The van der Waals surface area contributed by atoms with Gasteiger partial charge in [0.25, 0.3) is 0 Å². The number of nitrogens with zero attached hydrogens (tertiary/aromatic N) is 1. The minimum absolute atomic E-state index is 0.0434. The maximum Gasteiger partial charge on any atom is 0.241 e. The zero-order valence-corrected chi connectivity index (χ0v) is 22.5. The van der Waals surface area contributed by atoms with Crippen LogP contribution in [0.4, 0.5) is 5.69 Å². The van der Waals surface area contributed by atoms with Crippen LogP contribution in [0, 0.1) is 5.92 Å². The number of hydrogen-bond donors (Lipinski definition) is 1. The molecule has 0 saturated carbocycles. The third-order valence-electron chi connectivity index (χ3n) is 6.76. The summed E-state index contributed by atoms with van der Waals surface area (Å²) in [6, 6.07) is 26.2. The largest absolute Gasteiger partial charge is 0.364 e. The number of hydrogen-bond acceptors (Lipinski definition) is 3. The van der Waals surface area contributed by atoms with Gasteiger partial charge in [-0.25, -0.2) is 13.1 Å². The van der Waals surface area contributed by atoms with E-state index in [0.717, 1.165) is 34.9 Å². The van der Waals surface area contributed by atoms with E-state index in [4.69, 9.17) is 34.8 Å². The summed E-state index contributed by atoms with van der Waals surface area (Å²) in [5.74, 6) is 0.118. The predicted octanol–water partition coefficient (Wildman–Crippen LogP) is 7.74. The van der Waals surface area contributed by atoms with Crippen molar-refractivity contribution in [3.8, 4) is 0 Å². The van der Waals surface area contributed by atoms with Crippen LogP contribution in [0.5, 0.6) is 0 Å². The molecule has 0 radical (unpaired) electrons. The molecule has 2 atom stereocenters. The second kappa shape index (κ2) is 10.6. The van der Waals surface area contributed by atoms with Crippen molar-refractivity contribution in [2.24, 2.45) is 5.92 Å². The van der Waals surface area contributed by atoms with Crippen LogP contribution in [0.3, 0.4) is 0 Å². The summed E-state index contributed by atoms with van der Waals surface area (Å²) < 4.78 is 29.4. The van der Waals surface area contributed by atoms with Crippen LogP contribution in [-0.2, 0) is 10.0 Å². The lowest BCUT2D eigenvalue weighted by molar-refractivity contribution is 0.358. The van der Waals surface area contributed by atoms with Crippen LogP contribution in [0.1, 0.15) is 24.4 Å². The summed E-state index contributed by atoms with van der Waals surface area (Å²) in [6.07, 6.45) is 1.68. The molecule has 36 heavy (non-hydrogen) atoms. The second-order valence-corrected chi connectivity index (χ2v) is 12.1. The first-order valence-electron chi connectivity index (χ1n) is 11.8. The number of rotatable bonds is 6. The van der Waals surface area contributed by atoms with Gasteiger partial charge >= 0.3 is 0 Å². The maximum absolute atomic E-state index is 13.3. The van der Waals surface area contributed by atoms with Crippen molar-refractivity contribution in [3.05, 3.63) is 106 Å². The highest BCUT2D eigenvalue weighted by atomic mass is 35.5. The molecule has 2 unspecified atom stereocenters. The van der Waals surface area contributed by atoms with Crippen molar-refractivity contribution in [3.63, 3.8) is 0 Å². The highest BCUT2D eigenvalue weighted by Crippen LogP contribution is 2.40. The molecule has 0 aromatic heterocycles. The second-order valence-electron chi connectivity index (χ2n) is 9.08. The van der Waals surface area contributed by atoms with E-state index in [1.807, 2.05) is 66.7 Å². The number of anilines is 1. The monoisotopic (exact) mass is 558 g/mol. The van der Waals surface area contributed by atoms with E-state index in [-0.39, 0.29) is 12.0 Å². The zero-order valence-electron chi connectivity index (χ0n) is 19.4. The molecule has 8 heteroatoms. The van der Waals surface area contributed by atoms with Crippen LogP contribution in [0.25, 0.3) is 10.8 Å². The first kappa shape index (κ1) is 25.4. The van der Waals surface area contributed by atoms with Crippen LogP contribution in [0.2, 0.25) is 15.1 Å². The molecule has 0 bridgehead atoms. The zero-order chi connectivity index (χ0) is 25.3. The fourth-order valence-electron chi connectivity index (χ4n) is 4.96. The van der Waals surface area contributed by atoms with Gasteiger partial charge in [0.1, 0.15) is 0 Å². The van der Waals surface area contributed by atoms with Crippen LogP contribution >= 0.6 is 34.8 Å². The summed E-state index contributed by atoms with van der Waals surface area (Å²) in [4.78, 5) is 2.59. The van der Waals surface area contributed by atoms with E-state index in [0.29, 0.717) is 33.1 Å². The molecule has 0 spiro atoms. The van der Waals surface area contributed by atoms with E-state index in [2.05, 4.69) is 9.62 Å². The summed E-state index contributed by atoms with van der Waals surface area (Å²) in [5, 5.41) is 3.50. The molecule has 1 saturated heterocycles. The summed E-state index contributed by atoms with van der Waals surface area (Å²) in [5.41, 5.74) is 2.02. The number of fused-ring (bicyclic) bond motifs is 1. The third-order valence-corrected chi connectivity index (χ3v) is 9.06. The van der Waals surface area contributed by atoms with Gasteiger partial charge in [0.15, 0.2) is 0 Å². The van der Waals surface area contributed by atoms with E-state index >= 15 is 0 Å². The predicted molar refractivity (Wildman–Crippen MR) is 150 cm³/mol. The molecule has 1 fully saturated rings. The lowest BCUT2D eigenvalue weighted by atomic mass is 9.88. The SMILES string of the molecule is O=S(=O)(NCC1CCC(c2ccc(Cl)cc2Cl)N(c2ccc(Cl)cc2)C1)c1cccc2ccccc12. The lowest BCUT2D eigenvalue weighted by Gasteiger charge is -2.42. The average molecular weight is 560 g/mol. The van der Waals surface area contributed by atoms with Gasteiger partial charge in [-0.15, -0.1) is 0 Å². The molecule has 4 aromatic carbocycles. The molecule has 1 aliphatic heterocycles. The Bertz CT molecular complexity index is 1490. The standard InChI is InChI=1S/C28H25Cl3N2O2S/c29-21-9-12-23(13-10-21)33-18-19(8-15-27(33)25-14-11-22(30)16-26(25)31)17-32-36(34,35)28-7-3-5-20-4-1-2-6-24(20)28/h1-7,9-14,16,19,27,32H,8,15,17-18H2. The van der Waals surface area contributed by atoms with Crippen molar-refractivity contribution in [2.45, 2.75) is 23.8 Å². The number of halogens is 3. The molecule has 1 N–H and O–H groups in total. The molecular formula is C28H25Cl3N2O2S. The lowest BCUT2D eigenvalue weighted by Crippen LogP contribution is -2.42. The Morgan fingerprint density at radius 2 is 1.56 bits per heavy atom. The molecule has 5 rings (SSSR count). The van der Waals surface area contributed by atoms with Gasteiger partial charge in [0, 0.05) is 39.2 Å². The fourth-order valence-corrected chi connectivity index (χ4v) is 6.97. The quantitative estimate of drug-likeness (QED) is 0.263. The number of nitrogens with one attached hydrogen (secondary N) is 1. The van der Waals surface area contributed by atoms with Gasteiger partial charge < -0.3 is 4.90 Å². The average Bonchev–Trinajstić information content (AvgIpc) is 2.88. The Labute approximate surface area is 226 Å². The summed E-state index contributed by atoms with van der Waals surface area (Å²) in [7, 11) is -3.67. The van der Waals surface area contributed by atoms with Crippen molar-refractivity contribution in [1.82, 2.24) is 4.72 Å². The number of benzene rings is 4. The van der Waals surface area contributed by atoms with Gasteiger partial charge in [-0.1, -0.05) is 77.3 Å².